The molecule has 6 nitrogen and oxygen atoms in total. The molecule has 24 heavy (non-hydrogen) atoms. The van der Waals surface area contributed by atoms with Crippen molar-refractivity contribution in [3.63, 3.8) is 0 Å². The van der Waals surface area contributed by atoms with Gasteiger partial charge in [-0.3, -0.25) is 9.69 Å². The fraction of sp³-hybridized carbons (Fsp3) is 0.353. The summed E-state index contributed by atoms with van der Waals surface area (Å²) in [4.78, 5) is 13.6. The number of carbonyl (C=O) groups is 1. The van der Waals surface area contributed by atoms with Crippen molar-refractivity contribution in [1.82, 2.24) is 15.1 Å². The lowest BCUT2D eigenvalue weighted by molar-refractivity contribution is -0.122. The Kier molecular flexibility index (Phi) is 5.27. The van der Waals surface area contributed by atoms with Crippen LogP contribution in [-0.4, -0.2) is 33.6 Å². The molecule has 2 heterocycles. The van der Waals surface area contributed by atoms with E-state index >= 15 is 0 Å². The van der Waals surface area contributed by atoms with Crippen molar-refractivity contribution in [2.24, 2.45) is 5.73 Å². The molecule has 0 spiro atoms. The minimum Gasteiger partial charge on any atom is -0.379 e. The Morgan fingerprint density at radius 1 is 1.33 bits per heavy atom. The third-order valence-electron chi connectivity index (χ3n) is 4.17. The zero-order valence-electron chi connectivity index (χ0n) is 13.3. The van der Waals surface area contributed by atoms with Crippen LogP contribution >= 0.6 is 11.6 Å². The van der Waals surface area contributed by atoms with Crippen molar-refractivity contribution in [3.05, 3.63) is 52.8 Å². The maximum Gasteiger partial charge on any atom is 0.234 e. The van der Waals surface area contributed by atoms with Gasteiger partial charge in [0.25, 0.3) is 0 Å². The molecule has 0 saturated carbocycles. The smallest absolute Gasteiger partial charge is 0.234 e. The number of aromatic nitrogens is 2. The van der Waals surface area contributed by atoms with Crippen LogP contribution in [0.15, 0.2) is 36.4 Å². The molecule has 2 aromatic rings. The van der Waals surface area contributed by atoms with Gasteiger partial charge in [0.1, 0.15) is 0 Å². The molecule has 1 amide bonds. The second kappa shape index (κ2) is 7.59. The normalized spacial score (nSPS) is 17.8. The molecule has 126 valence electrons. The van der Waals surface area contributed by atoms with Crippen LogP contribution in [0.4, 0.5) is 5.69 Å². The predicted molar refractivity (Wildman–Crippen MR) is 93.4 cm³/mol. The van der Waals surface area contributed by atoms with Crippen molar-refractivity contribution < 1.29 is 4.79 Å². The van der Waals surface area contributed by atoms with Crippen LogP contribution in [0.1, 0.15) is 24.1 Å². The first-order valence-electron chi connectivity index (χ1n) is 7.96. The zero-order chi connectivity index (χ0) is 16.9. The second-order valence-corrected chi connectivity index (χ2v) is 6.32. The molecule has 1 fully saturated rings. The fourth-order valence-corrected chi connectivity index (χ4v) is 3.08. The van der Waals surface area contributed by atoms with E-state index < -0.39 is 0 Å². The van der Waals surface area contributed by atoms with Gasteiger partial charge in [0, 0.05) is 12.2 Å². The van der Waals surface area contributed by atoms with E-state index in [1.54, 1.807) is 6.07 Å². The zero-order valence-corrected chi connectivity index (χ0v) is 14.0. The molecule has 0 radical (unpaired) electrons. The van der Waals surface area contributed by atoms with E-state index in [4.69, 9.17) is 17.3 Å². The highest BCUT2D eigenvalue weighted by molar-refractivity contribution is 6.29. The number of anilines is 1. The van der Waals surface area contributed by atoms with Crippen LogP contribution in [0, 0.1) is 0 Å². The van der Waals surface area contributed by atoms with Crippen molar-refractivity contribution >= 4 is 23.2 Å². The van der Waals surface area contributed by atoms with Gasteiger partial charge in [0.2, 0.25) is 5.91 Å². The number of primary amides is 1. The summed E-state index contributed by atoms with van der Waals surface area (Å²) in [5.41, 5.74) is 8.44. The van der Waals surface area contributed by atoms with Crippen LogP contribution in [0.3, 0.4) is 0 Å². The third kappa shape index (κ3) is 4.21. The molecule has 1 aromatic heterocycles. The Bertz CT molecular complexity index is 706. The number of nitrogens with zero attached hydrogens (tertiary/aromatic N) is 3. The average Bonchev–Trinajstić information content (AvgIpc) is 3.03. The SMILES string of the molecule is NC(=O)[C@@H]1CCCN1Cc1cccc(NCc2ccc(Cl)nn2)c1. The average molecular weight is 346 g/mol. The molecule has 1 aliphatic rings. The second-order valence-electron chi connectivity index (χ2n) is 5.93. The van der Waals surface area contributed by atoms with Crippen molar-refractivity contribution in [1.29, 1.82) is 0 Å². The molecule has 0 aliphatic carbocycles. The lowest BCUT2D eigenvalue weighted by Gasteiger charge is -2.22. The van der Waals surface area contributed by atoms with E-state index in [9.17, 15) is 4.79 Å². The largest absolute Gasteiger partial charge is 0.379 e. The van der Waals surface area contributed by atoms with Gasteiger partial charge in [0.05, 0.1) is 18.3 Å². The molecule has 1 atom stereocenters. The molecule has 7 heteroatoms. The summed E-state index contributed by atoms with van der Waals surface area (Å²) in [6.07, 6.45) is 1.86. The highest BCUT2D eigenvalue weighted by Crippen LogP contribution is 2.21. The maximum atomic E-state index is 11.5. The van der Waals surface area contributed by atoms with Crippen LogP contribution in [0.5, 0.6) is 0 Å². The number of hydrogen-bond acceptors (Lipinski definition) is 5. The van der Waals surface area contributed by atoms with Gasteiger partial charge in [-0.1, -0.05) is 23.7 Å². The summed E-state index contributed by atoms with van der Waals surface area (Å²) in [7, 11) is 0. The number of carbonyl (C=O) groups excluding carboxylic acids is 1. The van der Waals surface area contributed by atoms with Gasteiger partial charge < -0.3 is 11.1 Å². The Labute approximate surface area is 146 Å². The van der Waals surface area contributed by atoms with Crippen molar-refractivity contribution in [2.45, 2.75) is 32.0 Å². The summed E-state index contributed by atoms with van der Waals surface area (Å²) in [5.74, 6) is -0.233. The molecule has 1 aromatic carbocycles. The predicted octanol–water partition coefficient (Wildman–Crippen LogP) is 2.19. The van der Waals surface area contributed by atoms with Gasteiger partial charge in [-0.25, -0.2) is 0 Å². The molecule has 3 N–H and O–H groups in total. The summed E-state index contributed by atoms with van der Waals surface area (Å²) in [5, 5.41) is 11.6. The number of amides is 1. The van der Waals surface area contributed by atoms with E-state index in [2.05, 4.69) is 32.5 Å². The lowest BCUT2D eigenvalue weighted by atomic mass is 10.1. The van der Waals surface area contributed by atoms with Crippen LogP contribution in [-0.2, 0) is 17.9 Å². The van der Waals surface area contributed by atoms with Gasteiger partial charge in [0.15, 0.2) is 5.15 Å². The van der Waals surface area contributed by atoms with Crippen LogP contribution in [0.2, 0.25) is 5.15 Å². The van der Waals surface area contributed by atoms with Crippen LogP contribution in [0.25, 0.3) is 0 Å². The Hall–Kier alpha value is -2.18. The lowest BCUT2D eigenvalue weighted by Crippen LogP contribution is -2.39. The highest BCUT2D eigenvalue weighted by atomic mass is 35.5. The highest BCUT2D eigenvalue weighted by Gasteiger charge is 2.28. The fourth-order valence-electron chi connectivity index (χ4n) is 2.98. The Morgan fingerprint density at radius 2 is 2.21 bits per heavy atom. The quantitative estimate of drug-likeness (QED) is 0.838. The monoisotopic (exact) mass is 345 g/mol. The number of hydrogen-bond donors (Lipinski definition) is 2. The summed E-state index contributed by atoms with van der Waals surface area (Å²) < 4.78 is 0. The first-order chi connectivity index (χ1) is 11.6. The number of nitrogens with one attached hydrogen (secondary N) is 1. The van der Waals surface area contributed by atoms with Crippen molar-refractivity contribution in [2.75, 3.05) is 11.9 Å². The number of nitrogens with two attached hydrogens (primary N) is 1. The van der Waals surface area contributed by atoms with E-state index in [0.717, 1.165) is 42.9 Å². The first kappa shape index (κ1) is 16.7. The minimum absolute atomic E-state index is 0.147. The van der Waals surface area contributed by atoms with Gasteiger partial charge >= 0.3 is 0 Å². The van der Waals surface area contributed by atoms with Gasteiger partial charge in [-0.2, -0.15) is 5.10 Å². The van der Waals surface area contributed by atoms with E-state index in [-0.39, 0.29) is 11.9 Å². The van der Waals surface area contributed by atoms with E-state index in [1.165, 1.54) is 0 Å². The molecule has 3 rings (SSSR count). The Morgan fingerprint density at radius 3 is 2.96 bits per heavy atom. The Balaban J connectivity index is 1.61. The van der Waals surface area contributed by atoms with Crippen LogP contribution < -0.4 is 11.1 Å². The minimum atomic E-state index is -0.233. The van der Waals surface area contributed by atoms with Gasteiger partial charge in [-0.15, -0.1) is 5.10 Å². The number of benzene rings is 1. The molecule has 1 saturated heterocycles. The molecule has 1 aliphatic heterocycles. The number of likely N-dealkylation sites (tertiary alicyclic amines) is 1. The van der Waals surface area contributed by atoms with E-state index in [0.29, 0.717) is 11.7 Å². The van der Waals surface area contributed by atoms with Crippen molar-refractivity contribution in [3.8, 4) is 0 Å². The number of halogens is 1. The molecule has 0 unspecified atom stereocenters. The molecular weight excluding hydrogens is 326 g/mol. The molecular formula is C17H20ClN5O. The summed E-state index contributed by atoms with van der Waals surface area (Å²) in [6, 6.07) is 11.6. The summed E-state index contributed by atoms with van der Waals surface area (Å²) >= 11 is 5.73. The van der Waals surface area contributed by atoms with E-state index in [1.807, 2.05) is 18.2 Å². The topological polar surface area (TPSA) is 84.1 Å². The van der Waals surface area contributed by atoms with Gasteiger partial charge in [-0.05, 0) is 49.2 Å². The summed E-state index contributed by atoms with van der Waals surface area (Å²) in [6.45, 7) is 2.21. The first-order valence-corrected chi connectivity index (χ1v) is 8.34. The maximum absolute atomic E-state index is 11.5. The molecule has 0 bridgehead atoms. The third-order valence-corrected chi connectivity index (χ3v) is 4.37. The number of rotatable bonds is 6. The standard InChI is InChI=1S/C17H20ClN5O/c18-16-7-6-14(21-22-16)10-20-13-4-1-3-12(9-13)11-23-8-2-5-15(23)17(19)24/h1,3-4,6-7,9,15,20H,2,5,8,10-11H2,(H2,19,24)/t15-/m0/s1.